The second-order valence-electron chi connectivity index (χ2n) is 4.81. The van der Waals surface area contributed by atoms with Crippen molar-refractivity contribution in [3.05, 3.63) is 35.4 Å². The molecular formula is C16H20N2O3. The van der Waals surface area contributed by atoms with Gasteiger partial charge in [0.25, 0.3) is 5.91 Å². The van der Waals surface area contributed by atoms with Gasteiger partial charge in [-0.2, -0.15) is 0 Å². The number of rotatable bonds is 3. The molecule has 0 bridgehead atoms. The van der Waals surface area contributed by atoms with Crippen molar-refractivity contribution in [1.29, 1.82) is 0 Å². The van der Waals surface area contributed by atoms with E-state index in [0.717, 1.165) is 0 Å². The molecule has 1 amide bonds. The van der Waals surface area contributed by atoms with Gasteiger partial charge in [-0.25, -0.2) is 0 Å². The zero-order chi connectivity index (χ0) is 15.2. The van der Waals surface area contributed by atoms with Crippen LogP contribution in [0.4, 0.5) is 0 Å². The predicted molar refractivity (Wildman–Crippen MR) is 79.9 cm³/mol. The summed E-state index contributed by atoms with van der Waals surface area (Å²) in [5.74, 6) is 5.67. The second-order valence-corrected chi connectivity index (χ2v) is 4.81. The zero-order valence-corrected chi connectivity index (χ0v) is 12.3. The molecule has 0 saturated carbocycles. The molecule has 0 aromatic heterocycles. The van der Waals surface area contributed by atoms with E-state index in [-0.39, 0.29) is 24.7 Å². The van der Waals surface area contributed by atoms with Gasteiger partial charge in [0.05, 0.1) is 12.1 Å². The Morgan fingerprint density at radius 3 is 2.48 bits per heavy atom. The Morgan fingerprint density at radius 1 is 1.29 bits per heavy atom. The van der Waals surface area contributed by atoms with Gasteiger partial charge in [-0.15, -0.1) is 0 Å². The van der Waals surface area contributed by atoms with Gasteiger partial charge in [0.1, 0.15) is 12.2 Å². The van der Waals surface area contributed by atoms with E-state index in [1.807, 2.05) is 18.2 Å². The smallest absolute Gasteiger partial charge is 0.255 e. The number of benzene rings is 1. The summed E-state index contributed by atoms with van der Waals surface area (Å²) < 4.78 is 10.7. The molecular weight excluding hydrogens is 268 g/mol. The minimum absolute atomic E-state index is 0.0569. The Morgan fingerprint density at radius 2 is 1.90 bits per heavy atom. The zero-order valence-electron chi connectivity index (χ0n) is 12.3. The minimum atomic E-state index is -0.0961. The highest BCUT2D eigenvalue weighted by molar-refractivity contribution is 5.97. The fourth-order valence-corrected chi connectivity index (χ4v) is 2.46. The maximum absolute atomic E-state index is 12.7. The van der Waals surface area contributed by atoms with Crippen LogP contribution in [-0.2, 0) is 9.47 Å². The first kappa shape index (κ1) is 15.5. The summed E-state index contributed by atoms with van der Waals surface area (Å²) in [6, 6.07) is 7.30. The van der Waals surface area contributed by atoms with E-state index in [9.17, 15) is 4.79 Å². The van der Waals surface area contributed by atoms with Crippen molar-refractivity contribution in [2.75, 3.05) is 33.9 Å². The van der Waals surface area contributed by atoms with Crippen LogP contribution < -0.4 is 5.73 Å². The van der Waals surface area contributed by atoms with Gasteiger partial charge in [-0.3, -0.25) is 4.79 Å². The lowest BCUT2D eigenvalue weighted by molar-refractivity contribution is -0.00461. The lowest BCUT2D eigenvalue weighted by Crippen LogP contribution is -2.30. The van der Waals surface area contributed by atoms with Crippen LogP contribution >= 0.6 is 0 Å². The highest BCUT2D eigenvalue weighted by Crippen LogP contribution is 2.19. The summed E-state index contributed by atoms with van der Waals surface area (Å²) in [5.41, 5.74) is 6.68. The summed E-state index contributed by atoms with van der Waals surface area (Å²) >= 11 is 0. The summed E-state index contributed by atoms with van der Waals surface area (Å²) in [6.45, 7) is 1.31. The van der Waals surface area contributed by atoms with Gasteiger partial charge in [0.15, 0.2) is 0 Å². The molecule has 2 rings (SSSR count). The summed E-state index contributed by atoms with van der Waals surface area (Å²) in [7, 11) is 3.26. The molecule has 0 spiro atoms. The molecule has 5 heteroatoms. The van der Waals surface area contributed by atoms with Gasteiger partial charge in [0, 0.05) is 32.9 Å². The number of likely N-dealkylation sites (tertiary alicyclic amines) is 1. The monoisotopic (exact) mass is 288 g/mol. The first-order valence-electron chi connectivity index (χ1n) is 6.84. The topological polar surface area (TPSA) is 64.8 Å². The molecule has 0 radical (unpaired) electrons. The first-order valence-corrected chi connectivity index (χ1v) is 6.84. The molecule has 1 fully saturated rings. The quantitative estimate of drug-likeness (QED) is 0.822. The van der Waals surface area contributed by atoms with Gasteiger partial charge in [0.2, 0.25) is 0 Å². The Kier molecular flexibility index (Phi) is 5.34. The summed E-state index contributed by atoms with van der Waals surface area (Å²) in [6.07, 6.45) is -0.192. The average molecular weight is 288 g/mol. The molecule has 2 unspecified atom stereocenters. The van der Waals surface area contributed by atoms with E-state index in [4.69, 9.17) is 15.2 Å². The Labute approximate surface area is 125 Å². The molecule has 1 aromatic carbocycles. The molecule has 0 aliphatic carbocycles. The third-order valence-corrected chi connectivity index (χ3v) is 3.59. The van der Waals surface area contributed by atoms with Gasteiger partial charge in [-0.1, -0.05) is 24.0 Å². The lowest BCUT2D eigenvalue weighted by Gasteiger charge is -2.16. The maximum Gasteiger partial charge on any atom is 0.255 e. The number of ether oxygens (including phenoxy) is 2. The lowest BCUT2D eigenvalue weighted by atomic mass is 10.1. The molecule has 1 aliphatic heterocycles. The Bertz CT molecular complexity index is 550. The van der Waals surface area contributed by atoms with Crippen molar-refractivity contribution in [3.8, 4) is 11.8 Å². The molecule has 2 N–H and O–H groups in total. The van der Waals surface area contributed by atoms with Crippen molar-refractivity contribution in [2.24, 2.45) is 5.73 Å². The number of hydrogen-bond donors (Lipinski definition) is 1. The number of nitrogens with two attached hydrogens (primary N) is 1. The van der Waals surface area contributed by atoms with E-state index < -0.39 is 0 Å². The van der Waals surface area contributed by atoms with Crippen LogP contribution in [0.25, 0.3) is 0 Å². The average Bonchev–Trinajstić information content (AvgIpc) is 2.95. The van der Waals surface area contributed by atoms with Crippen LogP contribution in [0.15, 0.2) is 24.3 Å². The fourth-order valence-electron chi connectivity index (χ4n) is 2.46. The number of methoxy groups -OCH3 is 2. The van der Waals surface area contributed by atoms with E-state index in [1.165, 1.54) is 0 Å². The predicted octanol–water partition coefficient (Wildman–Crippen LogP) is 0.483. The first-order chi connectivity index (χ1) is 10.2. The molecule has 1 aliphatic rings. The van der Waals surface area contributed by atoms with Crippen LogP contribution in [0.1, 0.15) is 15.9 Å². The molecule has 1 aromatic rings. The summed E-state index contributed by atoms with van der Waals surface area (Å²) in [4.78, 5) is 14.4. The standard InChI is InChI=1S/C16H20N2O3/c1-20-14-10-18(11-15(14)21-2)16(19)13-8-4-3-6-12(13)7-5-9-17/h3-4,6,8,14-15H,9-11,17H2,1-2H3. The van der Waals surface area contributed by atoms with Crippen molar-refractivity contribution in [3.63, 3.8) is 0 Å². The number of amides is 1. The van der Waals surface area contributed by atoms with E-state index >= 15 is 0 Å². The van der Waals surface area contributed by atoms with E-state index in [1.54, 1.807) is 25.2 Å². The number of carbonyl (C=O) groups excluding carboxylic acids is 1. The minimum Gasteiger partial charge on any atom is -0.377 e. The molecule has 2 atom stereocenters. The third-order valence-electron chi connectivity index (χ3n) is 3.59. The van der Waals surface area contributed by atoms with Crippen LogP contribution in [0.2, 0.25) is 0 Å². The third kappa shape index (κ3) is 3.42. The highest BCUT2D eigenvalue weighted by Gasteiger charge is 2.36. The molecule has 1 heterocycles. The Balaban J connectivity index is 2.21. The van der Waals surface area contributed by atoms with Crippen molar-refractivity contribution >= 4 is 5.91 Å². The van der Waals surface area contributed by atoms with Crippen molar-refractivity contribution < 1.29 is 14.3 Å². The van der Waals surface area contributed by atoms with E-state index in [0.29, 0.717) is 24.2 Å². The van der Waals surface area contributed by atoms with E-state index in [2.05, 4.69) is 11.8 Å². The SMILES string of the molecule is COC1CN(C(=O)c2ccccc2C#CCN)CC1OC. The van der Waals surface area contributed by atoms with Crippen molar-refractivity contribution in [1.82, 2.24) is 4.90 Å². The summed E-state index contributed by atoms with van der Waals surface area (Å²) in [5, 5.41) is 0. The Hall–Kier alpha value is -1.87. The maximum atomic E-state index is 12.7. The molecule has 1 saturated heterocycles. The van der Waals surface area contributed by atoms with Crippen molar-refractivity contribution in [2.45, 2.75) is 12.2 Å². The van der Waals surface area contributed by atoms with Crippen LogP contribution in [0, 0.1) is 11.8 Å². The molecule has 112 valence electrons. The second kappa shape index (κ2) is 7.23. The molecule has 5 nitrogen and oxygen atoms in total. The van der Waals surface area contributed by atoms with Crippen LogP contribution in [-0.4, -0.2) is 56.9 Å². The fraction of sp³-hybridized carbons (Fsp3) is 0.438. The van der Waals surface area contributed by atoms with Crippen LogP contribution in [0.5, 0.6) is 0 Å². The normalized spacial score (nSPS) is 21.0. The van der Waals surface area contributed by atoms with Gasteiger partial charge >= 0.3 is 0 Å². The molecule has 21 heavy (non-hydrogen) atoms. The van der Waals surface area contributed by atoms with Gasteiger partial charge < -0.3 is 20.1 Å². The van der Waals surface area contributed by atoms with Gasteiger partial charge in [-0.05, 0) is 12.1 Å². The number of carbonyl (C=O) groups is 1. The highest BCUT2D eigenvalue weighted by atomic mass is 16.5. The number of nitrogens with zero attached hydrogens (tertiary/aromatic N) is 1. The number of hydrogen-bond acceptors (Lipinski definition) is 4. The van der Waals surface area contributed by atoms with Crippen LogP contribution in [0.3, 0.4) is 0 Å². The largest absolute Gasteiger partial charge is 0.377 e.